The van der Waals surface area contributed by atoms with Gasteiger partial charge in [-0.3, -0.25) is 0 Å². The van der Waals surface area contributed by atoms with Gasteiger partial charge in [0.15, 0.2) is 0 Å². The highest BCUT2D eigenvalue weighted by molar-refractivity contribution is 9.10. The average molecular weight is 284 g/mol. The van der Waals surface area contributed by atoms with Gasteiger partial charge in [-0.2, -0.15) is 0 Å². The molecule has 1 atom stereocenters. The van der Waals surface area contributed by atoms with Crippen LogP contribution in [0.3, 0.4) is 0 Å². The molecule has 1 aliphatic heterocycles. The van der Waals surface area contributed by atoms with Crippen LogP contribution in [0.15, 0.2) is 16.6 Å². The summed E-state index contributed by atoms with van der Waals surface area (Å²) in [6.07, 6.45) is 0. The summed E-state index contributed by atoms with van der Waals surface area (Å²) >= 11 is 3.55. The van der Waals surface area contributed by atoms with E-state index in [0.29, 0.717) is 12.6 Å². The van der Waals surface area contributed by atoms with Crippen LogP contribution in [0.25, 0.3) is 0 Å². The zero-order chi connectivity index (χ0) is 11.9. The SMILES string of the molecule is Cc1cc(Br)cc2c1N(C)C(CN)CN2C. The number of anilines is 2. The molecule has 0 aromatic heterocycles. The van der Waals surface area contributed by atoms with Crippen molar-refractivity contribution in [3.8, 4) is 0 Å². The molecule has 0 fully saturated rings. The number of rotatable bonds is 1. The van der Waals surface area contributed by atoms with Crippen LogP contribution in [0.5, 0.6) is 0 Å². The number of hydrogen-bond acceptors (Lipinski definition) is 3. The number of nitrogens with two attached hydrogens (primary N) is 1. The van der Waals surface area contributed by atoms with Crippen LogP contribution in [-0.4, -0.2) is 33.2 Å². The molecule has 0 amide bonds. The van der Waals surface area contributed by atoms with E-state index in [1.807, 2.05) is 0 Å². The molecule has 1 aromatic carbocycles. The maximum Gasteiger partial charge on any atom is 0.0635 e. The van der Waals surface area contributed by atoms with E-state index < -0.39 is 0 Å². The van der Waals surface area contributed by atoms with Crippen LogP contribution in [0, 0.1) is 6.92 Å². The molecule has 0 aliphatic carbocycles. The van der Waals surface area contributed by atoms with E-state index >= 15 is 0 Å². The largest absolute Gasteiger partial charge is 0.371 e. The predicted octanol–water partition coefficient (Wildman–Crippen LogP) is 1.97. The van der Waals surface area contributed by atoms with E-state index in [2.05, 4.69) is 58.9 Å². The second kappa shape index (κ2) is 4.26. The van der Waals surface area contributed by atoms with Gasteiger partial charge in [-0.15, -0.1) is 0 Å². The summed E-state index contributed by atoms with van der Waals surface area (Å²) in [5, 5.41) is 0. The average Bonchev–Trinajstić information content (AvgIpc) is 2.22. The first kappa shape index (κ1) is 11.7. The van der Waals surface area contributed by atoms with Gasteiger partial charge in [0.1, 0.15) is 0 Å². The minimum atomic E-state index is 0.400. The molecule has 1 heterocycles. The molecule has 3 nitrogen and oxygen atoms in total. The second-order valence-electron chi connectivity index (χ2n) is 4.47. The molecular formula is C12H18BrN3. The fraction of sp³-hybridized carbons (Fsp3) is 0.500. The lowest BCUT2D eigenvalue weighted by molar-refractivity contribution is 0.608. The zero-order valence-corrected chi connectivity index (χ0v) is 11.6. The number of likely N-dealkylation sites (N-methyl/N-ethyl adjacent to an activating group) is 2. The van der Waals surface area contributed by atoms with Crippen molar-refractivity contribution in [2.75, 3.05) is 37.0 Å². The Balaban J connectivity index is 2.54. The van der Waals surface area contributed by atoms with E-state index in [4.69, 9.17) is 5.73 Å². The Morgan fingerprint density at radius 2 is 2.12 bits per heavy atom. The highest BCUT2D eigenvalue weighted by atomic mass is 79.9. The predicted molar refractivity (Wildman–Crippen MR) is 73.4 cm³/mol. The summed E-state index contributed by atoms with van der Waals surface area (Å²) < 4.78 is 1.13. The van der Waals surface area contributed by atoms with Crippen molar-refractivity contribution < 1.29 is 0 Å². The van der Waals surface area contributed by atoms with Gasteiger partial charge in [-0.25, -0.2) is 0 Å². The molecule has 0 radical (unpaired) electrons. The molecule has 0 spiro atoms. The lowest BCUT2D eigenvalue weighted by atomic mass is 10.0. The van der Waals surface area contributed by atoms with Gasteiger partial charge in [0.25, 0.3) is 0 Å². The maximum absolute atomic E-state index is 5.82. The molecule has 0 saturated carbocycles. The first-order chi connectivity index (χ1) is 7.54. The van der Waals surface area contributed by atoms with Crippen molar-refractivity contribution in [3.05, 3.63) is 22.2 Å². The van der Waals surface area contributed by atoms with Crippen molar-refractivity contribution in [1.29, 1.82) is 0 Å². The van der Waals surface area contributed by atoms with Gasteiger partial charge < -0.3 is 15.5 Å². The standard InChI is InChI=1S/C12H18BrN3/c1-8-4-9(13)5-11-12(8)16(3)10(6-14)7-15(11)2/h4-5,10H,6-7,14H2,1-3H3. The molecule has 16 heavy (non-hydrogen) atoms. The van der Waals surface area contributed by atoms with Gasteiger partial charge in [0.05, 0.1) is 17.4 Å². The van der Waals surface area contributed by atoms with Crippen molar-refractivity contribution in [3.63, 3.8) is 0 Å². The fourth-order valence-corrected chi connectivity index (χ4v) is 2.98. The van der Waals surface area contributed by atoms with Crippen molar-refractivity contribution in [1.82, 2.24) is 0 Å². The molecule has 4 heteroatoms. The molecule has 1 unspecified atom stereocenters. The Morgan fingerprint density at radius 1 is 1.44 bits per heavy atom. The maximum atomic E-state index is 5.82. The van der Waals surface area contributed by atoms with E-state index in [9.17, 15) is 0 Å². The van der Waals surface area contributed by atoms with Gasteiger partial charge in [0.2, 0.25) is 0 Å². The minimum Gasteiger partial charge on any atom is -0.371 e. The van der Waals surface area contributed by atoms with Crippen LogP contribution >= 0.6 is 15.9 Å². The molecule has 1 aromatic rings. The third kappa shape index (κ3) is 1.80. The fourth-order valence-electron chi connectivity index (χ4n) is 2.42. The summed E-state index contributed by atoms with van der Waals surface area (Å²) in [6.45, 7) is 3.82. The van der Waals surface area contributed by atoms with Gasteiger partial charge in [-0.1, -0.05) is 15.9 Å². The Bertz CT molecular complexity index is 405. The van der Waals surface area contributed by atoms with Gasteiger partial charge >= 0.3 is 0 Å². The van der Waals surface area contributed by atoms with Crippen LogP contribution in [0.1, 0.15) is 5.56 Å². The van der Waals surface area contributed by atoms with E-state index in [1.54, 1.807) is 0 Å². The number of benzene rings is 1. The first-order valence-electron chi connectivity index (χ1n) is 5.48. The summed E-state index contributed by atoms with van der Waals surface area (Å²) in [5.74, 6) is 0. The normalized spacial score (nSPS) is 19.9. The molecule has 1 aliphatic rings. The van der Waals surface area contributed by atoms with Gasteiger partial charge in [0, 0.05) is 31.7 Å². The topological polar surface area (TPSA) is 32.5 Å². The Morgan fingerprint density at radius 3 is 2.75 bits per heavy atom. The Kier molecular flexibility index (Phi) is 3.13. The Hall–Kier alpha value is -0.740. The number of aryl methyl sites for hydroxylation is 1. The molecule has 88 valence electrons. The van der Waals surface area contributed by atoms with Crippen LogP contribution < -0.4 is 15.5 Å². The second-order valence-corrected chi connectivity index (χ2v) is 5.39. The van der Waals surface area contributed by atoms with E-state index in [1.165, 1.54) is 16.9 Å². The summed E-state index contributed by atoms with van der Waals surface area (Å²) in [4.78, 5) is 4.59. The number of fused-ring (bicyclic) bond motifs is 1. The summed E-state index contributed by atoms with van der Waals surface area (Å²) in [5.41, 5.74) is 9.68. The molecule has 2 N–H and O–H groups in total. The van der Waals surface area contributed by atoms with Crippen molar-refractivity contribution >= 4 is 27.3 Å². The molecule has 2 rings (SSSR count). The van der Waals surface area contributed by atoms with Gasteiger partial charge in [-0.05, 0) is 24.6 Å². The lowest BCUT2D eigenvalue weighted by Crippen LogP contribution is -2.50. The van der Waals surface area contributed by atoms with Crippen molar-refractivity contribution in [2.24, 2.45) is 5.73 Å². The van der Waals surface area contributed by atoms with Crippen LogP contribution in [0.4, 0.5) is 11.4 Å². The number of halogens is 1. The molecular weight excluding hydrogens is 266 g/mol. The van der Waals surface area contributed by atoms with Crippen molar-refractivity contribution in [2.45, 2.75) is 13.0 Å². The highest BCUT2D eigenvalue weighted by Gasteiger charge is 2.27. The smallest absolute Gasteiger partial charge is 0.0635 e. The molecule has 0 saturated heterocycles. The van der Waals surface area contributed by atoms with Crippen LogP contribution in [0.2, 0.25) is 0 Å². The zero-order valence-electron chi connectivity index (χ0n) is 10.00. The van der Waals surface area contributed by atoms with E-state index in [-0.39, 0.29) is 0 Å². The monoisotopic (exact) mass is 283 g/mol. The lowest BCUT2D eigenvalue weighted by Gasteiger charge is -2.42. The first-order valence-corrected chi connectivity index (χ1v) is 6.28. The third-order valence-corrected chi connectivity index (χ3v) is 3.77. The quantitative estimate of drug-likeness (QED) is 0.856. The van der Waals surface area contributed by atoms with E-state index in [0.717, 1.165) is 11.0 Å². The number of nitrogens with zero attached hydrogens (tertiary/aromatic N) is 2. The summed E-state index contributed by atoms with van der Waals surface area (Å²) in [6, 6.07) is 4.73. The number of hydrogen-bond donors (Lipinski definition) is 1. The summed E-state index contributed by atoms with van der Waals surface area (Å²) in [7, 11) is 4.25. The molecule has 0 bridgehead atoms. The Labute approximate surface area is 105 Å². The third-order valence-electron chi connectivity index (χ3n) is 3.31. The minimum absolute atomic E-state index is 0.400. The van der Waals surface area contributed by atoms with Crippen LogP contribution in [-0.2, 0) is 0 Å². The highest BCUT2D eigenvalue weighted by Crippen LogP contribution is 2.38.